The van der Waals surface area contributed by atoms with Gasteiger partial charge in [0.2, 0.25) is 0 Å². The van der Waals surface area contributed by atoms with E-state index in [2.05, 4.69) is 5.32 Å². The number of hydrogen-bond acceptors (Lipinski definition) is 4. The Hall–Kier alpha value is -1.30. The minimum atomic E-state index is -0.409. The van der Waals surface area contributed by atoms with Crippen LogP contribution in [0.1, 0.15) is 13.3 Å². The van der Waals surface area contributed by atoms with Gasteiger partial charge in [0.1, 0.15) is 6.54 Å². The van der Waals surface area contributed by atoms with Crippen molar-refractivity contribution in [1.82, 2.24) is 10.2 Å². The molecule has 0 saturated carbocycles. The van der Waals surface area contributed by atoms with Crippen LogP contribution < -0.4 is 5.32 Å². The summed E-state index contributed by atoms with van der Waals surface area (Å²) < 4.78 is 9.77. The van der Waals surface area contributed by atoms with Crippen LogP contribution in [0.4, 0.5) is 4.79 Å². The van der Waals surface area contributed by atoms with Gasteiger partial charge >= 0.3 is 12.0 Å². The first kappa shape index (κ1) is 13.8. The number of carbonyl (C=O) groups is 2. The minimum Gasteiger partial charge on any atom is -0.465 e. The summed E-state index contributed by atoms with van der Waals surface area (Å²) >= 11 is 0. The molecule has 1 heterocycles. The lowest BCUT2D eigenvalue weighted by Crippen LogP contribution is -2.41. The van der Waals surface area contributed by atoms with Gasteiger partial charge in [-0.3, -0.25) is 4.79 Å². The van der Waals surface area contributed by atoms with Gasteiger partial charge in [-0.25, -0.2) is 4.79 Å². The van der Waals surface area contributed by atoms with E-state index in [-0.39, 0.29) is 12.6 Å². The third-order valence-electron chi connectivity index (χ3n) is 2.66. The maximum atomic E-state index is 11.7. The van der Waals surface area contributed by atoms with Crippen molar-refractivity contribution in [2.75, 3.05) is 40.0 Å². The molecule has 0 aromatic carbocycles. The van der Waals surface area contributed by atoms with Gasteiger partial charge < -0.3 is 19.7 Å². The maximum Gasteiger partial charge on any atom is 0.325 e. The predicted molar refractivity (Wildman–Crippen MR) is 61.6 cm³/mol. The van der Waals surface area contributed by atoms with Gasteiger partial charge in [0.25, 0.3) is 0 Å². The van der Waals surface area contributed by atoms with Crippen LogP contribution in [0, 0.1) is 5.92 Å². The van der Waals surface area contributed by atoms with Crippen molar-refractivity contribution in [3.63, 3.8) is 0 Å². The Morgan fingerprint density at radius 2 is 2.24 bits per heavy atom. The van der Waals surface area contributed by atoms with Gasteiger partial charge in [-0.1, -0.05) is 0 Å². The van der Waals surface area contributed by atoms with Crippen LogP contribution in [0.15, 0.2) is 0 Å². The Kier molecular flexibility index (Phi) is 5.76. The average molecular weight is 244 g/mol. The Labute approximate surface area is 101 Å². The summed E-state index contributed by atoms with van der Waals surface area (Å²) in [5.74, 6) is -0.0122. The molecule has 6 heteroatoms. The lowest BCUT2D eigenvalue weighted by Gasteiger charge is -2.16. The van der Waals surface area contributed by atoms with E-state index in [1.54, 1.807) is 18.9 Å². The van der Waals surface area contributed by atoms with Gasteiger partial charge in [-0.2, -0.15) is 0 Å². The third kappa shape index (κ3) is 4.60. The van der Waals surface area contributed by atoms with Gasteiger partial charge in [0.15, 0.2) is 0 Å². The van der Waals surface area contributed by atoms with Crippen molar-refractivity contribution in [3.8, 4) is 0 Å². The summed E-state index contributed by atoms with van der Waals surface area (Å²) in [6.07, 6.45) is 0.945. The maximum absolute atomic E-state index is 11.7. The molecule has 1 atom stereocenters. The highest BCUT2D eigenvalue weighted by molar-refractivity contribution is 5.80. The molecule has 1 aliphatic heterocycles. The number of nitrogens with zero attached hydrogens (tertiary/aromatic N) is 1. The summed E-state index contributed by atoms with van der Waals surface area (Å²) in [5.41, 5.74) is 0. The molecular formula is C11H20N2O4. The molecule has 1 aliphatic rings. The molecule has 2 amide bonds. The second-order valence-corrected chi connectivity index (χ2v) is 4.02. The standard InChI is InChI=1S/C11H20N2O4/c1-3-17-10(14)6-12-11(15)13-5-4-9(7-13)8-16-2/h9H,3-8H2,1-2H3,(H,12,15). The molecule has 0 bridgehead atoms. The number of carbonyl (C=O) groups excluding carboxylic acids is 2. The summed E-state index contributed by atoms with van der Waals surface area (Å²) in [7, 11) is 1.66. The molecule has 1 fully saturated rings. The number of methoxy groups -OCH3 is 1. The van der Waals surface area contributed by atoms with Crippen LogP contribution in [0.25, 0.3) is 0 Å². The number of nitrogens with one attached hydrogen (secondary N) is 1. The zero-order valence-electron chi connectivity index (χ0n) is 10.4. The molecule has 0 aromatic heterocycles. The topological polar surface area (TPSA) is 67.9 Å². The van der Waals surface area contributed by atoms with E-state index >= 15 is 0 Å². The van der Waals surface area contributed by atoms with Crippen LogP contribution in [0.2, 0.25) is 0 Å². The Morgan fingerprint density at radius 1 is 1.47 bits per heavy atom. The van der Waals surface area contributed by atoms with Crippen LogP contribution in [0.5, 0.6) is 0 Å². The van der Waals surface area contributed by atoms with Gasteiger partial charge in [-0.05, 0) is 13.3 Å². The van der Waals surface area contributed by atoms with Crippen molar-refractivity contribution in [2.45, 2.75) is 13.3 Å². The van der Waals surface area contributed by atoms with Gasteiger partial charge in [-0.15, -0.1) is 0 Å². The molecule has 0 radical (unpaired) electrons. The molecule has 1 saturated heterocycles. The lowest BCUT2D eigenvalue weighted by molar-refractivity contribution is -0.141. The Morgan fingerprint density at radius 3 is 2.88 bits per heavy atom. The molecule has 6 nitrogen and oxygen atoms in total. The van der Waals surface area contributed by atoms with Crippen molar-refractivity contribution in [3.05, 3.63) is 0 Å². The van der Waals surface area contributed by atoms with Crippen LogP contribution in [-0.2, 0) is 14.3 Å². The number of ether oxygens (including phenoxy) is 2. The second kappa shape index (κ2) is 7.11. The zero-order chi connectivity index (χ0) is 12.7. The van der Waals surface area contributed by atoms with Crippen molar-refractivity contribution < 1.29 is 19.1 Å². The fraction of sp³-hybridized carbons (Fsp3) is 0.818. The Balaban J connectivity index is 2.22. The molecule has 0 aromatic rings. The van der Waals surface area contributed by atoms with E-state index in [0.717, 1.165) is 6.42 Å². The second-order valence-electron chi connectivity index (χ2n) is 4.02. The van der Waals surface area contributed by atoms with Crippen LogP contribution >= 0.6 is 0 Å². The summed E-state index contributed by atoms with van der Waals surface area (Å²) in [6.45, 7) is 4.05. The molecule has 98 valence electrons. The van der Waals surface area contributed by atoms with E-state index in [4.69, 9.17) is 9.47 Å². The van der Waals surface area contributed by atoms with Crippen LogP contribution in [0.3, 0.4) is 0 Å². The van der Waals surface area contributed by atoms with Crippen LogP contribution in [-0.4, -0.2) is 56.9 Å². The number of likely N-dealkylation sites (tertiary alicyclic amines) is 1. The molecule has 1 N–H and O–H groups in total. The highest BCUT2D eigenvalue weighted by atomic mass is 16.5. The summed E-state index contributed by atoms with van der Waals surface area (Å²) in [6, 6.07) is -0.211. The molecule has 17 heavy (non-hydrogen) atoms. The fourth-order valence-electron chi connectivity index (χ4n) is 1.86. The number of amides is 2. The zero-order valence-corrected chi connectivity index (χ0v) is 10.4. The largest absolute Gasteiger partial charge is 0.465 e. The summed E-state index contributed by atoms with van der Waals surface area (Å²) in [4.78, 5) is 24.4. The number of urea groups is 1. The fourth-order valence-corrected chi connectivity index (χ4v) is 1.86. The van der Waals surface area contributed by atoms with Crippen molar-refractivity contribution in [2.24, 2.45) is 5.92 Å². The number of rotatable bonds is 5. The molecule has 1 unspecified atom stereocenters. The smallest absolute Gasteiger partial charge is 0.325 e. The number of hydrogen-bond donors (Lipinski definition) is 1. The first-order chi connectivity index (χ1) is 8.17. The highest BCUT2D eigenvalue weighted by Gasteiger charge is 2.26. The minimum absolute atomic E-state index is 0.0713. The van der Waals surface area contributed by atoms with E-state index in [1.165, 1.54) is 0 Å². The first-order valence-electron chi connectivity index (χ1n) is 5.84. The monoisotopic (exact) mass is 244 g/mol. The quantitative estimate of drug-likeness (QED) is 0.703. The molecule has 0 spiro atoms. The van der Waals surface area contributed by atoms with E-state index in [0.29, 0.717) is 32.2 Å². The normalized spacial score (nSPS) is 19.2. The van der Waals surface area contributed by atoms with Gasteiger partial charge in [0.05, 0.1) is 13.2 Å². The molecular weight excluding hydrogens is 224 g/mol. The van der Waals surface area contributed by atoms with E-state index in [9.17, 15) is 9.59 Å². The third-order valence-corrected chi connectivity index (χ3v) is 2.66. The number of esters is 1. The molecule has 1 rings (SSSR count). The average Bonchev–Trinajstić information content (AvgIpc) is 2.75. The van der Waals surface area contributed by atoms with Gasteiger partial charge in [0, 0.05) is 26.1 Å². The van der Waals surface area contributed by atoms with Crippen molar-refractivity contribution >= 4 is 12.0 Å². The predicted octanol–water partition coefficient (Wildman–Crippen LogP) is 0.227. The van der Waals surface area contributed by atoms with Crippen molar-refractivity contribution in [1.29, 1.82) is 0 Å². The lowest BCUT2D eigenvalue weighted by atomic mass is 10.1. The van der Waals surface area contributed by atoms with E-state index < -0.39 is 5.97 Å². The van der Waals surface area contributed by atoms with E-state index in [1.807, 2.05) is 0 Å². The molecule has 0 aliphatic carbocycles. The SMILES string of the molecule is CCOC(=O)CNC(=O)N1CCC(COC)C1. The first-order valence-corrected chi connectivity index (χ1v) is 5.84. The highest BCUT2D eigenvalue weighted by Crippen LogP contribution is 2.15. The summed E-state index contributed by atoms with van der Waals surface area (Å²) in [5, 5.41) is 2.54. The Bertz CT molecular complexity index is 270.